The van der Waals surface area contributed by atoms with Crippen molar-refractivity contribution in [3.8, 4) is 0 Å². The van der Waals surface area contributed by atoms with Gasteiger partial charge >= 0.3 is 5.97 Å². The van der Waals surface area contributed by atoms with Crippen molar-refractivity contribution in [2.75, 3.05) is 7.11 Å². The number of aromatic nitrogens is 1. The largest absolute Gasteiger partial charge is 0.465 e. The van der Waals surface area contributed by atoms with Crippen LogP contribution in [-0.2, 0) is 4.74 Å². The minimum atomic E-state index is -0.394. The summed E-state index contributed by atoms with van der Waals surface area (Å²) in [5, 5.41) is 2.49. The van der Waals surface area contributed by atoms with Crippen molar-refractivity contribution in [2.45, 2.75) is 0 Å². The van der Waals surface area contributed by atoms with Crippen molar-refractivity contribution in [1.29, 1.82) is 0 Å². The third-order valence-electron chi connectivity index (χ3n) is 2.99. The van der Waals surface area contributed by atoms with Crippen LogP contribution in [0.3, 0.4) is 0 Å². The zero-order valence-corrected chi connectivity index (χ0v) is 10.4. The highest BCUT2D eigenvalue weighted by Gasteiger charge is 2.15. The van der Waals surface area contributed by atoms with E-state index < -0.39 is 5.97 Å². The summed E-state index contributed by atoms with van der Waals surface area (Å²) >= 11 is 6.06. The summed E-state index contributed by atoms with van der Waals surface area (Å²) in [6.07, 6.45) is 0. The van der Waals surface area contributed by atoms with Gasteiger partial charge < -0.3 is 9.72 Å². The predicted octanol–water partition coefficient (Wildman–Crippen LogP) is 3.76. The van der Waals surface area contributed by atoms with E-state index in [4.69, 9.17) is 16.3 Å². The molecule has 3 aromatic rings. The lowest BCUT2D eigenvalue weighted by atomic mass is 10.1. The number of para-hydroxylation sites is 1. The van der Waals surface area contributed by atoms with Gasteiger partial charge in [0.05, 0.1) is 18.2 Å². The summed E-state index contributed by atoms with van der Waals surface area (Å²) in [5.74, 6) is -0.394. The van der Waals surface area contributed by atoms with E-state index in [-0.39, 0.29) is 0 Å². The van der Waals surface area contributed by atoms with Gasteiger partial charge in [0.25, 0.3) is 0 Å². The number of benzene rings is 2. The maximum Gasteiger partial charge on any atom is 0.340 e. The average Bonchev–Trinajstić information content (AvgIpc) is 2.75. The maximum absolute atomic E-state index is 11.8. The van der Waals surface area contributed by atoms with Gasteiger partial charge in [-0.3, -0.25) is 0 Å². The molecule has 1 heterocycles. The number of hydrogen-bond donors (Lipinski definition) is 1. The Kier molecular flexibility index (Phi) is 2.49. The summed E-state index contributed by atoms with van der Waals surface area (Å²) in [4.78, 5) is 15.0. The number of esters is 1. The lowest BCUT2D eigenvalue weighted by molar-refractivity contribution is 0.0603. The van der Waals surface area contributed by atoms with Gasteiger partial charge in [-0.1, -0.05) is 29.8 Å². The Morgan fingerprint density at radius 3 is 2.78 bits per heavy atom. The van der Waals surface area contributed by atoms with Crippen LogP contribution in [0.25, 0.3) is 21.8 Å². The molecule has 2 aromatic carbocycles. The summed E-state index contributed by atoms with van der Waals surface area (Å²) in [6, 6.07) is 11.3. The molecule has 0 fully saturated rings. The number of hydrogen-bond acceptors (Lipinski definition) is 2. The van der Waals surface area contributed by atoms with Crippen LogP contribution >= 0.6 is 11.6 Å². The van der Waals surface area contributed by atoms with Crippen LogP contribution in [0, 0.1) is 0 Å². The van der Waals surface area contributed by atoms with Crippen molar-refractivity contribution in [3.05, 3.63) is 47.0 Å². The Labute approximate surface area is 108 Å². The van der Waals surface area contributed by atoms with Gasteiger partial charge in [0.15, 0.2) is 0 Å². The van der Waals surface area contributed by atoms with Crippen LogP contribution in [0.1, 0.15) is 10.4 Å². The highest BCUT2D eigenvalue weighted by molar-refractivity contribution is 6.32. The topological polar surface area (TPSA) is 42.1 Å². The number of ether oxygens (including phenoxy) is 1. The standard InChI is InChI=1S/C14H10ClNO2/c1-18-14(17)11-7-8(15)6-10-9-4-2-3-5-12(9)16-13(10)11/h2-7,16H,1H3. The van der Waals surface area contributed by atoms with Gasteiger partial charge in [0.1, 0.15) is 0 Å². The minimum Gasteiger partial charge on any atom is -0.465 e. The second kappa shape index (κ2) is 4.03. The van der Waals surface area contributed by atoms with Crippen molar-refractivity contribution >= 4 is 39.4 Å². The van der Waals surface area contributed by atoms with Crippen LogP contribution in [0.15, 0.2) is 36.4 Å². The fraction of sp³-hybridized carbons (Fsp3) is 0.0714. The van der Waals surface area contributed by atoms with Crippen LogP contribution in [0.5, 0.6) is 0 Å². The van der Waals surface area contributed by atoms with E-state index in [0.717, 1.165) is 21.8 Å². The molecule has 0 aliphatic heterocycles. The van der Waals surface area contributed by atoms with Gasteiger partial charge in [-0.2, -0.15) is 0 Å². The van der Waals surface area contributed by atoms with E-state index in [1.54, 1.807) is 6.07 Å². The number of methoxy groups -OCH3 is 1. The Morgan fingerprint density at radius 2 is 2.00 bits per heavy atom. The first kappa shape index (κ1) is 11.1. The fourth-order valence-corrected chi connectivity index (χ4v) is 2.40. The zero-order chi connectivity index (χ0) is 12.7. The first-order valence-corrected chi connectivity index (χ1v) is 5.87. The molecule has 0 unspecified atom stereocenters. The summed E-state index contributed by atoms with van der Waals surface area (Å²) in [5.41, 5.74) is 2.18. The van der Waals surface area contributed by atoms with Crippen LogP contribution in [0.4, 0.5) is 0 Å². The molecule has 0 amide bonds. The molecule has 90 valence electrons. The second-order valence-corrected chi connectivity index (χ2v) is 4.47. The van der Waals surface area contributed by atoms with E-state index in [2.05, 4.69) is 4.98 Å². The molecule has 0 spiro atoms. The predicted molar refractivity (Wildman–Crippen MR) is 72.2 cm³/mol. The number of rotatable bonds is 1. The number of H-pyrrole nitrogens is 1. The lowest BCUT2D eigenvalue weighted by Gasteiger charge is -2.02. The van der Waals surface area contributed by atoms with Crippen LogP contribution in [-0.4, -0.2) is 18.1 Å². The summed E-state index contributed by atoms with van der Waals surface area (Å²) in [6.45, 7) is 0. The molecule has 18 heavy (non-hydrogen) atoms. The third kappa shape index (κ3) is 1.56. The number of nitrogens with one attached hydrogen (secondary N) is 1. The zero-order valence-electron chi connectivity index (χ0n) is 9.66. The molecule has 3 rings (SSSR count). The summed E-state index contributed by atoms with van der Waals surface area (Å²) < 4.78 is 4.78. The van der Waals surface area contributed by atoms with Gasteiger partial charge in [0, 0.05) is 21.3 Å². The van der Waals surface area contributed by atoms with Gasteiger partial charge in [-0.05, 0) is 18.2 Å². The SMILES string of the molecule is COC(=O)c1cc(Cl)cc2c1[nH]c1ccccc12. The Morgan fingerprint density at radius 1 is 1.22 bits per heavy atom. The highest BCUT2D eigenvalue weighted by Crippen LogP contribution is 2.30. The quantitative estimate of drug-likeness (QED) is 0.676. The lowest BCUT2D eigenvalue weighted by Crippen LogP contribution is -2.01. The molecule has 0 radical (unpaired) electrons. The van der Waals surface area contributed by atoms with Gasteiger partial charge in [-0.25, -0.2) is 4.79 Å². The monoisotopic (exact) mass is 259 g/mol. The van der Waals surface area contributed by atoms with E-state index >= 15 is 0 Å². The van der Waals surface area contributed by atoms with Crippen LogP contribution in [0.2, 0.25) is 5.02 Å². The number of halogens is 1. The average molecular weight is 260 g/mol. The highest BCUT2D eigenvalue weighted by atomic mass is 35.5. The summed E-state index contributed by atoms with van der Waals surface area (Å²) in [7, 11) is 1.36. The fourth-order valence-electron chi connectivity index (χ4n) is 2.19. The van der Waals surface area contributed by atoms with Gasteiger partial charge in [0.2, 0.25) is 0 Å². The maximum atomic E-state index is 11.8. The number of carbonyl (C=O) groups is 1. The Balaban J connectivity index is 2.47. The molecular weight excluding hydrogens is 250 g/mol. The first-order chi connectivity index (χ1) is 8.70. The molecule has 3 nitrogen and oxygen atoms in total. The second-order valence-electron chi connectivity index (χ2n) is 4.04. The Bertz CT molecular complexity index is 761. The molecule has 1 aromatic heterocycles. The van der Waals surface area contributed by atoms with Crippen molar-refractivity contribution < 1.29 is 9.53 Å². The molecule has 0 saturated carbocycles. The molecule has 0 aliphatic carbocycles. The van der Waals surface area contributed by atoms with E-state index in [9.17, 15) is 4.79 Å². The minimum absolute atomic E-state index is 0.394. The first-order valence-electron chi connectivity index (χ1n) is 5.49. The van der Waals surface area contributed by atoms with Crippen molar-refractivity contribution in [3.63, 3.8) is 0 Å². The van der Waals surface area contributed by atoms with E-state index in [1.807, 2.05) is 30.3 Å². The number of aromatic amines is 1. The van der Waals surface area contributed by atoms with Gasteiger partial charge in [-0.15, -0.1) is 0 Å². The van der Waals surface area contributed by atoms with Crippen LogP contribution < -0.4 is 0 Å². The molecule has 1 N–H and O–H groups in total. The molecule has 0 bridgehead atoms. The van der Waals surface area contributed by atoms with Crippen molar-refractivity contribution in [2.24, 2.45) is 0 Å². The molecule has 4 heteroatoms. The molecule has 0 atom stereocenters. The number of carbonyl (C=O) groups excluding carboxylic acids is 1. The Hall–Kier alpha value is -2.00. The molecule has 0 aliphatic rings. The number of fused-ring (bicyclic) bond motifs is 3. The van der Waals surface area contributed by atoms with E-state index in [1.165, 1.54) is 7.11 Å². The van der Waals surface area contributed by atoms with E-state index in [0.29, 0.717) is 10.6 Å². The molecular formula is C14H10ClNO2. The normalized spacial score (nSPS) is 11.0. The third-order valence-corrected chi connectivity index (χ3v) is 3.20. The molecule has 0 saturated heterocycles. The van der Waals surface area contributed by atoms with Crippen molar-refractivity contribution in [1.82, 2.24) is 4.98 Å². The smallest absolute Gasteiger partial charge is 0.340 e.